The van der Waals surface area contributed by atoms with Crippen LogP contribution in [0.5, 0.6) is 0 Å². The van der Waals surface area contributed by atoms with Crippen LogP contribution in [-0.2, 0) is 5.60 Å². The molecule has 1 fully saturated rings. The molecule has 1 atom stereocenters. The molecule has 2 rings (SSSR count). The van der Waals surface area contributed by atoms with Crippen LogP contribution in [0.15, 0.2) is 30.3 Å². The number of aliphatic hydroxyl groups is 16. The van der Waals surface area contributed by atoms with E-state index in [0.29, 0.717) is 13.1 Å². The second kappa shape index (κ2) is 11.4. The van der Waals surface area contributed by atoms with E-state index in [1.807, 2.05) is 6.92 Å². The molecule has 1 unspecified atom stereocenters. The number of benzene rings is 1. The lowest BCUT2D eigenvalue weighted by Gasteiger charge is -2.66. The fraction of sp³-hybridized carbons (Fsp3) is 0.727. The van der Waals surface area contributed by atoms with E-state index in [9.17, 15) is 61.3 Å². The number of rotatable bonds is 9. The summed E-state index contributed by atoms with van der Waals surface area (Å²) in [7, 11) is 0. The summed E-state index contributed by atoms with van der Waals surface area (Å²) in [4.78, 5) is 1.57. The highest BCUT2D eigenvalue weighted by atomic mass is 16.7. The Morgan fingerprint density at radius 3 is 1.38 bits per heavy atom. The average Bonchev–Trinajstić information content (AvgIpc) is 2.82. The molecule has 1 aromatic rings. The van der Waals surface area contributed by atoms with Gasteiger partial charge in [-0.05, 0) is 24.9 Å². The van der Waals surface area contributed by atoms with Gasteiger partial charge in [0.15, 0.2) is 0 Å². The molecule has 228 valence electrons. The Labute approximate surface area is 222 Å². The minimum Gasteiger partial charge on any atom is -0.395 e. The summed E-state index contributed by atoms with van der Waals surface area (Å²) in [6, 6.07) is 6.08. The summed E-state index contributed by atoms with van der Waals surface area (Å²) in [5.74, 6) is -26.7. The van der Waals surface area contributed by atoms with Gasteiger partial charge in [-0.25, -0.2) is 0 Å². The molecule has 0 heterocycles. The maximum Gasteiger partial charge on any atom is 0.288 e. The number of hydrogen-bond donors (Lipinski definition) is 16. The molecule has 0 saturated heterocycles. The number of nitrogens with zero attached hydrogens (tertiary/aromatic N) is 1. The minimum atomic E-state index is -4.84. The fourth-order valence-electron chi connectivity index (χ4n) is 4.46. The zero-order valence-corrected chi connectivity index (χ0v) is 21.2. The zero-order valence-electron chi connectivity index (χ0n) is 21.2. The summed E-state index contributed by atoms with van der Waals surface area (Å²) in [5, 5.41) is 156. The summed E-state index contributed by atoms with van der Waals surface area (Å²) in [5.41, 5.74) is -8.11. The van der Waals surface area contributed by atoms with Crippen molar-refractivity contribution in [3.05, 3.63) is 35.9 Å². The van der Waals surface area contributed by atoms with Crippen molar-refractivity contribution >= 4 is 0 Å². The van der Waals surface area contributed by atoms with Crippen LogP contribution in [0.4, 0.5) is 0 Å². The first kappa shape index (κ1) is 35.6. The van der Waals surface area contributed by atoms with Crippen molar-refractivity contribution in [2.24, 2.45) is 0 Å². The summed E-state index contributed by atoms with van der Waals surface area (Å²) < 4.78 is 0. The molecule has 1 saturated carbocycles. The first-order valence-electron chi connectivity index (χ1n) is 11.7. The quantitative estimate of drug-likeness (QED) is 0.122. The number of hydrogen-bond acceptors (Lipinski definition) is 17. The third kappa shape index (κ3) is 5.44. The lowest BCUT2D eigenvalue weighted by molar-refractivity contribution is -0.623. The van der Waals surface area contributed by atoms with Crippen molar-refractivity contribution in [2.75, 3.05) is 26.2 Å². The van der Waals surface area contributed by atoms with Crippen molar-refractivity contribution in [1.82, 2.24) is 4.90 Å². The smallest absolute Gasteiger partial charge is 0.288 e. The van der Waals surface area contributed by atoms with Gasteiger partial charge in [-0.15, -0.1) is 0 Å². The van der Waals surface area contributed by atoms with Crippen LogP contribution in [0.1, 0.15) is 32.3 Å². The van der Waals surface area contributed by atoms with E-state index < -0.39 is 58.1 Å². The normalized spacial score (nSPS) is 23.9. The predicted octanol–water partition coefficient (Wildman–Crippen LogP) is -7.25. The summed E-state index contributed by atoms with van der Waals surface area (Å²) in [6.45, 7) is 3.64. The molecule has 0 radical (unpaired) electrons. The topological polar surface area (TPSA) is 327 Å². The average molecular weight is 574 g/mol. The van der Waals surface area contributed by atoms with Crippen molar-refractivity contribution in [3.63, 3.8) is 0 Å². The summed E-state index contributed by atoms with van der Waals surface area (Å²) >= 11 is 0. The monoisotopic (exact) mass is 573 g/mol. The molecule has 16 N–H and O–H groups in total. The van der Waals surface area contributed by atoms with E-state index in [2.05, 4.69) is 0 Å². The van der Waals surface area contributed by atoms with E-state index in [4.69, 9.17) is 20.4 Å². The summed E-state index contributed by atoms with van der Waals surface area (Å²) in [6.07, 6.45) is 0.0331. The van der Waals surface area contributed by atoms with Crippen molar-refractivity contribution in [1.29, 1.82) is 0 Å². The van der Waals surface area contributed by atoms with E-state index >= 15 is 0 Å². The first-order chi connectivity index (χ1) is 17.4. The molecule has 0 aliphatic heterocycles. The molecule has 0 amide bonds. The van der Waals surface area contributed by atoms with Gasteiger partial charge in [-0.3, -0.25) is 4.90 Å². The lowest BCUT2D eigenvalue weighted by atomic mass is 9.56. The molecule has 39 heavy (non-hydrogen) atoms. The SMILES string of the molecule is CCC(O)(c1ccccc1)C1(O)C(O)(O)C(O)(O)C(O)(O)C(O)(O)C1(O)O.CCCN(CCO)CC(O)(O)O. The van der Waals surface area contributed by atoms with Crippen LogP contribution in [0.3, 0.4) is 0 Å². The highest BCUT2D eigenvalue weighted by Crippen LogP contribution is 2.60. The Hall–Kier alpha value is -1.46. The highest BCUT2D eigenvalue weighted by Gasteiger charge is 2.94. The van der Waals surface area contributed by atoms with Crippen molar-refractivity contribution in [2.45, 2.75) is 72.8 Å². The third-order valence-corrected chi connectivity index (χ3v) is 6.71. The third-order valence-electron chi connectivity index (χ3n) is 6.71. The first-order valence-corrected chi connectivity index (χ1v) is 11.7. The molecule has 1 aliphatic rings. The Morgan fingerprint density at radius 2 is 1.05 bits per heavy atom. The lowest BCUT2D eigenvalue weighted by Crippen LogP contribution is -2.98. The Morgan fingerprint density at radius 1 is 0.641 bits per heavy atom. The van der Waals surface area contributed by atoms with E-state index in [-0.39, 0.29) is 13.2 Å². The van der Waals surface area contributed by atoms with Gasteiger partial charge in [0.2, 0.25) is 5.60 Å². The van der Waals surface area contributed by atoms with E-state index in [0.717, 1.165) is 25.5 Å². The second-order valence-corrected chi connectivity index (χ2v) is 9.43. The van der Waals surface area contributed by atoms with Crippen LogP contribution >= 0.6 is 0 Å². The highest BCUT2D eigenvalue weighted by molar-refractivity contribution is 5.36. The Kier molecular flexibility index (Phi) is 10.4. The van der Waals surface area contributed by atoms with Crippen molar-refractivity contribution in [3.8, 4) is 0 Å². The second-order valence-electron chi connectivity index (χ2n) is 9.43. The molecular formula is C22H39NO16. The largest absolute Gasteiger partial charge is 0.395 e. The molecule has 0 aromatic heterocycles. The predicted molar refractivity (Wildman–Crippen MR) is 125 cm³/mol. The van der Waals surface area contributed by atoms with Gasteiger partial charge in [-0.2, -0.15) is 0 Å². The van der Waals surface area contributed by atoms with Gasteiger partial charge >= 0.3 is 0 Å². The van der Waals surface area contributed by atoms with Gasteiger partial charge in [0.25, 0.3) is 34.9 Å². The number of aliphatic hydroxyl groups excluding tert-OH is 1. The molecule has 1 aromatic carbocycles. The maximum absolute atomic E-state index is 11.0. The van der Waals surface area contributed by atoms with E-state index in [1.165, 1.54) is 18.2 Å². The van der Waals surface area contributed by atoms with Crippen LogP contribution in [0.2, 0.25) is 0 Å². The molecular weight excluding hydrogens is 534 g/mol. The Balaban J connectivity index is 0.000000534. The van der Waals surface area contributed by atoms with Crippen LogP contribution < -0.4 is 0 Å². The Bertz CT molecular complexity index is 894. The molecule has 1 aliphatic carbocycles. The van der Waals surface area contributed by atoms with Crippen molar-refractivity contribution < 1.29 is 81.7 Å². The standard InChI is InChI=1S/C15H22O12.C7H17NO4/c1-2-9(16,8-6-4-3-5-7-8)10(17)11(18,19)13(22,23)15(26,27)14(24,25)12(10,20)21;1-2-3-8(4-5-9)6-7(10,11)12/h3-7,16-27H,2H2,1H3;9-12H,2-6H2,1H3. The minimum absolute atomic E-state index is 0.0594. The van der Waals surface area contributed by atoms with E-state index in [1.54, 1.807) is 4.90 Å². The molecule has 0 spiro atoms. The molecule has 17 nitrogen and oxygen atoms in total. The van der Waals surface area contributed by atoms with Gasteiger partial charge in [-0.1, -0.05) is 44.2 Å². The van der Waals surface area contributed by atoms with Gasteiger partial charge < -0.3 is 81.7 Å². The fourth-order valence-corrected chi connectivity index (χ4v) is 4.46. The molecule has 0 bridgehead atoms. The maximum atomic E-state index is 11.0. The van der Waals surface area contributed by atoms with Gasteiger partial charge in [0.05, 0.1) is 13.2 Å². The van der Waals surface area contributed by atoms with Crippen LogP contribution in [0.25, 0.3) is 0 Å². The van der Waals surface area contributed by atoms with Gasteiger partial charge in [0.1, 0.15) is 5.60 Å². The van der Waals surface area contributed by atoms with Crippen LogP contribution in [-0.4, -0.2) is 153 Å². The van der Waals surface area contributed by atoms with Gasteiger partial charge in [0, 0.05) is 6.54 Å². The van der Waals surface area contributed by atoms with Crippen LogP contribution in [0, 0.1) is 0 Å². The molecule has 17 heteroatoms. The zero-order chi connectivity index (χ0) is 30.9.